The van der Waals surface area contributed by atoms with Crippen molar-refractivity contribution < 1.29 is 28.6 Å². The first-order valence-corrected chi connectivity index (χ1v) is 13.0. The number of carboxylic acid groups (broad SMARTS) is 1. The molecule has 5 rings (SSSR count). The summed E-state index contributed by atoms with van der Waals surface area (Å²) in [5.74, 6) is -2.46. The van der Waals surface area contributed by atoms with Gasteiger partial charge in [-0.25, -0.2) is 18.5 Å². The lowest BCUT2D eigenvalue weighted by Crippen LogP contribution is -2.80. The van der Waals surface area contributed by atoms with Gasteiger partial charge in [-0.3, -0.25) is 14.5 Å². The molecule has 2 aromatic heterocycles. The van der Waals surface area contributed by atoms with Gasteiger partial charge >= 0.3 is 5.97 Å². The predicted octanol–water partition coefficient (Wildman–Crippen LogP) is 0.113. The fourth-order valence-electron chi connectivity index (χ4n) is 4.10. The topological polar surface area (TPSA) is 170 Å². The third kappa shape index (κ3) is 4.52. The molecule has 2 amide bonds. The molecule has 0 radical (unpaired) electrons. The Hall–Kier alpha value is -3.83. The largest absolute Gasteiger partial charge is 0.477 e. The first kappa shape index (κ1) is 25.8. The maximum atomic E-state index is 13.5. The first-order valence-electron chi connectivity index (χ1n) is 11.0. The molecule has 2 aliphatic heterocycles. The van der Waals surface area contributed by atoms with Gasteiger partial charge in [-0.05, 0) is 28.1 Å². The molecule has 38 heavy (non-hydrogen) atoms. The summed E-state index contributed by atoms with van der Waals surface area (Å²) in [6, 6.07) is 5.78. The molecule has 0 aliphatic carbocycles. The van der Waals surface area contributed by atoms with Crippen LogP contribution in [-0.4, -0.2) is 92.7 Å². The van der Waals surface area contributed by atoms with Crippen LogP contribution in [0.2, 0.25) is 0 Å². The fourth-order valence-corrected chi connectivity index (χ4v) is 6.53. The number of rotatable bonds is 9. The van der Waals surface area contributed by atoms with Crippen molar-refractivity contribution in [3.05, 3.63) is 47.5 Å². The number of benzene rings is 1. The minimum Gasteiger partial charge on any atom is -0.477 e. The van der Waals surface area contributed by atoms with Crippen molar-refractivity contribution in [2.45, 2.75) is 22.8 Å². The number of nitrogens with one attached hydrogen (secondary N) is 1. The number of aryl methyl sites for hydroxylation is 1. The van der Waals surface area contributed by atoms with Gasteiger partial charge < -0.3 is 15.2 Å². The number of thioether (sulfide) groups is 2. The molecule has 2 atom stereocenters. The minimum absolute atomic E-state index is 0.153. The van der Waals surface area contributed by atoms with Crippen molar-refractivity contribution in [3.63, 3.8) is 0 Å². The molecule has 0 saturated carbocycles. The van der Waals surface area contributed by atoms with Gasteiger partial charge in [0.05, 0.1) is 6.20 Å². The number of halogens is 1. The molecule has 1 saturated heterocycles. The average molecular weight is 562 g/mol. The van der Waals surface area contributed by atoms with Gasteiger partial charge in [0.2, 0.25) is 11.1 Å². The van der Waals surface area contributed by atoms with Crippen molar-refractivity contribution in [3.8, 4) is 11.3 Å². The highest BCUT2D eigenvalue weighted by molar-refractivity contribution is 8.01. The van der Waals surface area contributed by atoms with Crippen molar-refractivity contribution in [1.29, 1.82) is 0 Å². The van der Waals surface area contributed by atoms with Crippen molar-refractivity contribution >= 4 is 41.3 Å². The average Bonchev–Trinajstić information content (AvgIpc) is 3.53. The summed E-state index contributed by atoms with van der Waals surface area (Å²) in [7, 11) is 2.93. The Balaban J connectivity index is 1.30. The number of nitrogens with zero attached hydrogens (tertiary/aromatic N) is 8. The third-order valence-corrected chi connectivity index (χ3v) is 8.35. The maximum Gasteiger partial charge on any atom is 0.352 e. The number of carbonyl (C=O) groups is 3. The highest BCUT2D eigenvalue weighted by Gasteiger charge is 2.66. The van der Waals surface area contributed by atoms with Crippen LogP contribution in [0, 0.1) is 5.82 Å². The Bertz CT molecular complexity index is 1460. The van der Waals surface area contributed by atoms with E-state index in [9.17, 15) is 23.9 Å². The Morgan fingerprint density at radius 1 is 1.34 bits per heavy atom. The van der Waals surface area contributed by atoms with E-state index < -0.39 is 34.7 Å². The van der Waals surface area contributed by atoms with Crippen LogP contribution in [-0.2, 0) is 32.7 Å². The number of methoxy groups -OCH3 is 1. The van der Waals surface area contributed by atoms with Gasteiger partial charge in [0.15, 0.2) is 0 Å². The number of hydrogen-bond acceptors (Lipinski definition) is 11. The lowest BCUT2D eigenvalue weighted by molar-refractivity contribution is -0.192. The van der Waals surface area contributed by atoms with Crippen LogP contribution in [0.3, 0.4) is 0 Å². The summed E-state index contributed by atoms with van der Waals surface area (Å²) in [5.41, 5.74) is -0.527. The molecular weight excluding hydrogens is 541 g/mol. The summed E-state index contributed by atoms with van der Waals surface area (Å²) in [6.07, 6.45) is 1.47. The highest BCUT2D eigenvalue weighted by atomic mass is 32.2. The zero-order valence-electron chi connectivity index (χ0n) is 19.9. The second-order valence-corrected chi connectivity index (χ2v) is 10.3. The summed E-state index contributed by atoms with van der Waals surface area (Å²) in [4.78, 5) is 39.4. The quantitative estimate of drug-likeness (QED) is 0.206. The van der Waals surface area contributed by atoms with E-state index in [1.165, 1.54) is 64.4 Å². The zero-order chi connectivity index (χ0) is 27.0. The van der Waals surface area contributed by atoms with Crippen LogP contribution in [0.25, 0.3) is 11.3 Å². The molecule has 14 nitrogen and oxygen atoms in total. The van der Waals surface area contributed by atoms with Gasteiger partial charge in [-0.15, -0.1) is 22.0 Å². The molecular formula is C21H20FN9O5S2. The Kier molecular flexibility index (Phi) is 6.89. The van der Waals surface area contributed by atoms with Crippen molar-refractivity contribution in [2.24, 2.45) is 7.05 Å². The molecule has 3 aromatic rings. The normalized spacial score (nSPS) is 20.8. The molecule has 1 fully saturated rings. The van der Waals surface area contributed by atoms with Crippen LogP contribution in [0.5, 0.6) is 0 Å². The molecule has 1 aromatic carbocycles. The number of tetrazole rings is 1. The number of fused-ring (bicyclic) bond motifs is 1. The molecule has 0 spiro atoms. The number of aliphatic carboxylic acids is 1. The van der Waals surface area contributed by atoms with E-state index in [1.54, 1.807) is 13.1 Å². The van der Waals surface area contributed by atoms with Crippen LogP contribution in [0.1, 0.15) is 0 Å². The number of aromatic nitrogens is 7. The zero-order valence-corrected chi connectivity index (χ0v) is 21.6. The van der Waals surface area contributed by atoms with Crippen LogP contribution < -0.4 is 5.32 Å². The number of carboxylic acids is 1. The molecule has 2 aliphatic rings. The monoisotopic (exact) mass is 561 g/mol. The van der Waals surface area contributed by atoms with E-state index in [4.69, 9.17) is 4.74 Å². The van der Waals surface area contributed by atoms with E-state index in [0.717, 1.165) is 4.90 Å². The first-order chi connectivity index (χ1) is 18.2. The minimum atomic E-state index is -1.75. The van der Waals surface area contributed by atoms with Crippen molar-refractivity contribution in [2.75, 3.05) is 18.6 Å². The molecule has 0 bridgehead atoms. The van der Waals surface area contributed by atoms with Crippen LogP contribution in [0.15, 0.2) is 46.9 Å². The number of hydrogen-bond donors (Lipinski definition) is 2. The Labute approximate surface area is 222 Å². The molecule has 198 valence electrons. The second-order valence-electron chi connectivity index (χ2n) is 8.27. The molecule has 2 N–H and O–H groups in total. The standard InChI is InChI=1S/C21H20FN9O5S2/c1-29-20(25-26-28-29)38-10-12-9-37-19-21(36-2,18(35)31(19)16(12)17(33)34)23-15(32)8-30-7-14(24-27-30)11-4-3-5-13(22)6-11/h3-7,19H,8-10H2,1-2H3,(H,23,32)(H,33,34)/t19-,21+/m1/s1. The van der Waals surface area contributed by atoms with Gasteiger partial charge in [-0.2, -0.15) is 0 Å². The van der Waals surface area contributed by atoms with E-state index in [2.05, 4.69) is 31.2 Å². The number of ether oxygens (including phenoxy) is 1. The van der Waals surface area contributed by atoms with Crippen molar-refractivity contribution in [1.82, 2.24) is 45.4 Å². The Morgan fingerprint density at radius 2 is 2.16 bits per heavy atom. The van der Waals surface area contributed by atoms with Crippen LogP contribution in [0.4, 0.5) is 4.39 Å². The SMILES string of the molecule is CO[C@@]1(NC(=O)Cn2cc(-c3cccc(F)c3)nn2)C(=O)N2C(C(=O)O)=C(CSc3nnnn3C)CS[C@@H]21. The second kappa shape index (κ2) is 10.1. The van der Waals surface area contributed by atoms with Gasteiger partial charge in [0, 0.05) is 31.2 Å². The number of amides is 2. The fraction of sp³-hybridized carbons (Fsp3) is 0.333. The summed E-state index contributed by atoms with van der Waals surface area (Å²) in [6.45, 7) is -0.298. The number of β-lactam (4-membered cyclic amide) rings is 1. The smallest absolute Gasteiger partial charge is 0.352 e. The summed E-state index contributed by atoms with van der Waals surface area (Å²) in [5, 5.41) is 31.2. The summed E-state index contributed by atoms with van der Waals surface area (Å²) >= 11 is 2.52. The lowest BCUT2D eigenvalue weighted by Gasteiger charge is -2.55. The number of carbonyl (C=O) groups excluding carboxylic acids is 2. The predicted molar refractivity (Wildman–Crippen MR) is 131 cm³/mol. The van der Waals surface area contributed by atoms with E-state index in [1.807, 2.05) is 0 Å². The molecule has 0 unspecified atom stereocenters. The van der Waals surface area contributed by atoms with E-state index >= 15 is 0 Å². The maximum absolute atomic E-state index is 13.5. The molecule has 4 heterocycles. The Morgan fingerprint density at radius 3 is 2.84 bits per heavy atom. The highest BCUT2D eigenvalue weighted by Crippen LogP contribution is 2.47. The van der Waals surface area contributed by atoms with Gasteiger partial charge in [0.1, 0.15) is 29.1 Å². The lowest BCUT2D eigenvalue weighted by atomic mass is 9.98. The third-order valence-electron chi connectivity index (χ3n) is 5.88. The summed E-state index contributed by atoms with van der Waals surface area (Å²) < 4.78 is 21.7. The van der Waals surface area contributed by atoms with E-state index in [-0.39, 0.29) is 23.7 Å². The molecule has 17 heteroatoms. The van der Waals surface area contributed by atoms with Gasteiger partial charge in [-0.1, -0.05) is 29.1 Å². The van der Waals surface area contributed by atoms with Crippen LogP contribution >= 0.6 is 23.5 Å². The van der Waals surface area contributed by atoms with Gasteiger partial charge in [0.25, 0.3) is 11.6 Å². The van der Waals surface area contributed by atoms with E-state index in [0.29, 0.717) is 22.0 Å².